The lowest BCUT2D eigenvalue weighted by Gasteiger charge is -2.11. The van der Waals surface area contributed by atoms with Crippen LogP contribution in [0.25, 0.3) is 0 Å². The fourth-order valence-corrected chi connectivity index (χ4v) is 1.72. The maximum Gasteiger partial charge on any atom is 0.261 e. The lowest BCUT2D eigenvalue weighted by Crippen LogP contribution is -2.14. The number of rotatable bonds is 3. The van der Waals surface area contributed by atoms with Gasteiger partial charge in [-0.2, -0.15) is 0 Å². The maximum atomic E-state index is 12.2. The van der Waals surface area contributed by atoms with Crippen LogP contribution in [0.5, 0.6) is 5.88 Å². The van der Waals surface area contributed by atoms with Gasteiger partial charge >= 0.3 is 0 Å². The summed E-state index contributed by atoms with van der Waals surface area (Å²) in [5.74, 6) is 0.121. The molecule has 1 aromatic carbocycles. The Kier molecular flexibility index (Phi) is 3.80. The van der Waals surface area contributed by atoms with Gasteiger partial charge in [-0.1, -0.05) is 18.2 Å². The summed E-state index contributed by atoms with van der Waals surface area (Å²) in [6.07, 6.45) is 0. The van der Waals surface area contributed by atoms with Crippen LogP contribution in [0.4, 0.5) is 5.69 Å². The van der Waals surface area contributed by atoms with E-state index in [4.69, 9.17) is 4.74 Å². The lowest BCUT2D eigenvalue weighted by atomic mass is 10.1. The van der Waals surface area contributed by atoms with Crippen LogP contribution in [-0.2, 0) is 0 Å². The molecule has 0 aliphatic heterocycles. The Hall–Kier alpha value is -2.36. The average Bonchev–Trinajstić information content (AvgIpc) is 2.42. The van der Waals surface area contributed by atoms with Crippen LogP contribution in [0.1, 0.15) is 21.6 Å². The molecule has 0 fully saturated rings. The van der Waals surface area contributed by atoms with Gasteiger partial charge < -0.3 is 10.1 Å². The van der Waals surface area contributed by atoms with E-state index in [1.54, 1.807) is 6.07 Å². The van der Waals surface area contributed by atoms with E-state index in [0.717, 1.165) is 16.9 Å². The maximum absolute atomic E-state index is 12.2. The molecule has 0 radical (unpaired) electrons. The summed E-state index contributed by atoms with van der Waals surface area (Å²) >= 11 is 0. The zero-order chi connectivity index (χ0) is 13.8. The van der Waals surface area contributed by atoms with Gasteiger partial charge in [-0.15, -0.1) is 0 Å². The number of anilines is 1. The molecule has 0 bridgehead atoms. The number of carbonyl (C=O) groups is 1. The zero-order valence-electron chi connectivity index (χ0n) is 11.2. The number of amides is 1. The van der Waals surface area contributed by atoms with Crippen LogP contribution in [0.3, 0.4) is 0 Å². The molecule has 0 saturated heterocycles. The highest BCUT2D eigenvalue weighted by Gasteiger charge is 2.15. The summed E-state index contributed by atoms with van der Waals surface area (Å²) in [6, 6.07) is 11.1. The normalized spacial score (nSPS) is 10.1. The molecule has 0 unspecified atom stereocenters. The second-order valence-electron chi connectivity index (χ2n) is 4.27. The molecule has 0 atom stereocenters. The molecule has 1 heterocycles. The highest BCUT2D eigenvalue weighted by molar-refractivity contribution is 6.05. The molecular formula is C15H16N2O2. The first kappa shape index (κ1) is 13.1. The van der Waals surface area contributed by atoms with Crippen molar-refractivity contribution in [1.29, 1.82) is 0 Å². The molecule has 4 heteroatoms. The van der Waals surface area contributed by atoms with Crippen molar-refractivity contribution >= 4 is 11.6 Å². The van der Waals surface area contributed by atoms with E-state index in [1.165, 1.54) is 7.11 Å². The van der Waals surface area contributed by atoms with Gasteiger partial charge in [0.2, 0.25) is 5.88 Å². The molecule has 19 heavy (non-hydrogen) atoms. The van der Waals surface area contributed by atoms with Crippen LogP contribution < -0.4 is 10.1 Å². The van der Waals surface area contributed by atoms with E-state index in [9.17, 15) is 4.79 Å². The first-order valence-electron chi connectivity index (χ1n) is 6.00. The fraction of sp³-hybridized carbons (Fsp3) is 0.200. The largest absolute Gasteiger partial charge is 0.480 e. The molecule has 0 aliphatic rings. The standard InChI is InChI=1S/C15H16N2O2/c1-10-9-13(15(19-3)16-11(10)2)14(18)17-12-7-5-4-6-8-12/h4-9H,1-3H3,(H,17,18). The number of aromatic nitrogens is 1. The fourth-order valence-electron chi connectivity index (χ4n) is 1.72. The molecule has 0 saturated carbocycles. The summed E-state index contributed by atoms with van der Waals surface area (Å²) in [5, 5.41) is 2.82. The molecule has 2 aromatic rings. The lowest BCUT2D eigenvalue weighted by molar-refractivity contribution is 0.102. The molecule has 1 aromatic heterocycles. The minimum atomic E-state index is -0.223. The van der Waals surface area contributed by atoms with Crippen molar-refractivity contribution in [3.05, 3.63) is 53.2 Å². The quantitative estimate of drug-likeness (QED) is 0.918. The van der Waals surface area contributed by atoms with Gasteiger partial charge in [0.15, 0.2) is 0 Å². The van der Waals surface area contributed by atoms with Crippen molar-refractivity contribution in [3.63, 3.8) is 0 Å². The average molecular weight is 256 g/mol. The summed E-state index contributed by atoms with van der Waals surface area (Å²) in [7, 11) is 1.51. The second kappa shape index (κ2) is 5.52. The Morgan fingerprint density at radius 3 is 2.53 bits per heavy atom. The minimum absolute atomic E-state index is 0.223. The van der Waals surface area contributed by atoms with E-state index in [1.807, 2.05) is 44.2 Å². The third kappa shape index (κ3) is 2.91. The van der Waals surface area contributed by atoms with Crippen LogP contribution >= 0.6 is 0 Å². The summed E-state index contributed by atoms with van der Waals surface area (Å²) in [6.45, 7) is 3.80. The number of aryl methyl sites for hydroxylation is 2. The molecule has 98 valence electrons. The Morgan fingerprint density at radius 1 is 1.21 bits per heavy atom. The van der Waals surface area contributed by atoms with Gasteiger partial charge in [0.1, 0.15) is 5.56 Å². The zero-order valence-corrected chi connectivity index (χ0v) is 11.2. The van der Waals surface area contributed by atoms with Gasteiger partial charge in [0, 0.05) is 11.4 Å². The summed E-state index contributed by atoms with van der Waals surface area (Å²) in [4.78, 5) is 16.5. The van der Waals surface area contributed by atoms with E-state index < -0.39 is 0 Å². The van der Waals surface area contributed by atoms with Crippen molar-refractivity contribution in [2.75, 3.05) is 12.4 Å². The minimum Gasteiger partial charge on any atom is -0.480 e. The smallest absolute Gasteiger partial charge is 0.261 e. The number of hydrogen-bond donors (Lipinski definition) is 1. The molecule has 1 amide bonds. The van der Waals surface area contributed by atoms with E-state index in [2.05, 4.69) is 10.3 Å². The molecule has 0 spiro atoms. The number of carbonyl (C=O) groups excluding carboxylic acids is 1. The molecule has 0 aliphatic carbocycles. The monoisotopic (exact) mass is 256 g/mol. The van der Waals surface area contributed by atoms with Crippen molar-refractivity contribution in [2.45, 2.75) is 13.8 Å². The van der Waals surface area contributed by atoms with Crippen molar-refractivity contribution < 1.29 is 9.53 Å². The molecule has 2 rings (SSSR count). The molecule has 4 nitrogen and oxygen atoms in total. The van der Waals surface area contributed by atoms with Crippen molar-refractivity contribution in [1.82, 2.24) is 4.98 Å². The topological polar surface area (TPSA) is 51.2 Å². The first-order chi connectivity index (χ1) is 9.11. The highest BCUT2D eigenvalue weighted by atomic mass is 16.5. The highest BCUT2D eigenvalue weighted by Crippen LogP contribution is 2.20. The van der Waals surface area contributed by atoms with Gasteiger partial charge in [-0.25, -0.2) is 4.98 Å². The number of ether oxygens (including phenoxy) is 1. The third-order valence-corrected chi connectivity index (χ3v) is 2.90. The Morgan fingerprint density at radius 2 is 1.89 bits per heavy atom. The second-order valence-corrected chi connectivity index (χ2v) is 4.27. The Labute approximate surface area is 112 Å². The predicted octanol–water partition coefficient (Wildman–Crippen LogP) is 2.96. The third-order valence-electron chi connectivity index (χ3n) is 2.90. The van der Waals surface area contributed by atoms with Crippen LogP contribution in [0.2, 0.25) is 0 Å². The van der Waals surface area contributed by atoms with Crippen LogP contribution in [0, 0.1) is 13.8 Å². The van der Waals surface area contributed by atoms with E-state index in [-0.39, 0.29) is 5.91 Å². The first-order valence-corrected chi connectivity index (χ1v) is 6.00. The van der Waals surface area contributed by atoms with Crippen molar-refractivity contribution in [2.24, 2.45) is 0 Å². The summed E-state index contributed by atoms with van der Waals surface area (Å²) in [5.41, 5.74) is 2.99. The van der Waals surface area contributed by atoms with Gasteiger partial charge in [-0.3, -0.25) is 4.79 Å². The predicted molar refractivity (Wildman–Crippen MR) is 74.7 cm³/mol. The number of methoxy groups -OCH3 is 1. The SMILES string of the molecule is COc1nc(C)c(C)cc1C(=O)Nc1ccccc1. The number of benzene rings is 1. The van der Waals surface area contributed by atoms with Crippen molar-refractivity contribution in [3.8, 4) is 5.88 Å². The van der Waals surface area contributed by atoms with Gasteiger partial charge in [0.05, 0.1) is 7.11 Å². The molecule has 1 N–H and O–H groups in total. The number of nitrogens with zero attached hydrogens (tertiary/aromatic N) is 1. The van der Waals surface area contributed by atoms with E-state index in [0.29, 0.717) is 11.4 Å². The number of pyridine rings is 1. The number of para-hydroxylation sites is 1. The van der Waals surface area contributed by atoms with Gasteiger partial charge in [-0.05, 0) is 37.6 Å². The molecular weight excluding hydrogens is 240 g/mol. The number of nitrogens with one attached hydrogen (secondary N) is 1. The summed E-state index contributed by atoms with van der Waals surface area (Å²) < 4.78 is 5.17. The Balaban J connectivity index is 2.31. The number of hydrogen-bond acceptors (Lipinski definition) is 3. The van der Waals surface area contributed by atoms with Gasteiger partial charge in [0.25, 0.3) is 5.91 Å². The Bertz CT molecular complexity index is 595. The van der Waals surface area contributed by atoms with Crippen LogP contribution in [-0.4, -0.2) is 18.0 Å². The van der Waals surface area contributed by atoms with Crippen LogP contribution in [0.15, 0.2) is 36.4 Å². The van der Waals surface area contributed by atoms with E-state index >= 15 is 0 Å².